The van der Waals surface area contributed by atoms with E-state index in [0.717, 1.165) is 6.20 Å². The van der Waals surface area contributed by atoms with Crippen molar-refractivity contribution >= 4 is 0 Å². The zero-order valence-electron chi connectivity index (χ0n) is 6.64. The lowest BCUT2D eigenvalue weighted by Gasteiger charge is -2.00. The van der Waals surface area contributed by atoms with Gasteiger partial charge in [0.25, 0.3) is 0 Å². The van der Waals surface area contributed by atoms with Gasteiger partial charge in [-0.1, -0.05) is 13.8 Å². The molecule has 1 rings (SSSR count). The van der Waals surface area contributed by atoms with Crippen LogP contribution in [0.4, 0.5) is 13.2 Å². The van der Waals surface area contributed by atoms with Gasteiger partial charge in [-0.2, -0.15) is 13.2 Å². The fourth-order valence-corrected chi connectivity index (χ4v) is 0.685. The molecular weight excluding hydrogens is 171 g/mol. The standard InChI is InChI=1S/C7H8F3NO/c1-4(2)5-3-11-6(12-5)7(8,9)10/h3-4H,1-2H3. The fraction of sp³-hybridized carbons (Fsp3) is 0.571. The Morgan fingerprint density at radius 3 is 2.25 bits per heavy atom. The van der Waals surface area contributed by atoms with Gasteiger partial charge >= 0.3 is 12.1 Å². The average molecular weight is 179 g/mol. The van der Waals surface area contributed by atoms with Gasteiger partial charge in [0.05, 0.1) is 6.20 Å². The molecule has 0 aliphatic carbocycles. The van der Waals surface area contributed by atoms with E-state index in [4.69, 9.17) is 0 Å². The van der Waals surface area contributed by atoms with Crippen molar-refractivity contribution in [1.29, 1.82) is 0 Å². The Hall–Kier alpha value is -1.00. The van der Waals surface area contributed by atoms with E-state index in [1.807, 2.05) is 0 Å². The normalized spacial score (nSPS) is 12.5. The van der Waals surface area contributed by atoms with Gasteiger partial charge in [-0.05, 0) is 0 Å². The highest BCUT2D eigenvalue weighted by molar-refractivity contribution is 5.00. The summed E-state index contributed by atoms with van der Waals surface area (Å²) in [5.74, 6) is -0.998. The number of aromatic nitrogens is 1. The van der Waals surface area contributed by atoms with E-state index in [2.05, 4.69) is 9.40 Å². The quantitative estimate of drug-likeness (QED) is 0.662. The van der Waals surface area contributed by atoms with E-state index in [1.54, 1.807) is 13.8 Å². The van der Waals surface area contributed by atoms with Crippen molar-refractivity contribution in [3.05, 3.63) is 17.8 Å². The Balaban J connectivity index is 2.92. The summed E-state index contributed by atoms with van der Waals surface area (Å²) in [7, 11) is 0. The third-order valence-corrected chi connectivity index (χ3v) is 1.34. The maximum absolute atomic E-state index is 11.9. The Kier molecular flexibility index (Phi) is 2.12. The Morgan fingerprint density at radius 2 is 2.00 bits per heavy atom. The molecule has 0 radical (unpaired) electrons. The molecule has 0 aromatic carbocycles. The largest absolute Gasteiger partial charge is 0.468 e. The first-order valence-electron chi connectivity index (χ1n) is 3.44. The molecule has 0 saturated carbocycles. The molecule has 0 amide bonds. The fourth-order valence-electron chi connectivity index (χ4n) is 0.685. The summed E-state index contributed by atoms with van der Waals surface area (Å²) in [6, 6.07) is 0. The molecule has 0 atom stereocenters. The van der Waals surface area contributed by atoms with E-state index in [9.17, 15) is 13.2 Å². The number of hydrogen-bond donors (Lipinski definition) is 0. The highest BCUT2D eigenvalue weighted by Gasteiger charge is 2.37. The second-order valence-corrected chi connectivity index (χ2v) is 2.72. The van der Waals surface area contributed by atoms with Crippen molar-refractivity contribution in [2.45, 2.75) is 25.9 Å². The Labute approximate surface area is 67.4 Å². The third kappa shape index (κ3) is 1.78. The van der Waals surface area contributed by atoms with Gasteiger partial charge in [0.1, 0.15) is 5.76 Å². The van der Waals surface area contributed by atoms with Crippen LogP contribution in [0.25, 0.3) is 0 Å². The number of rotatable bonds is 1. The minimum absolute atomic E-state index is 0.0754. The average Bonchev–Trinajstić information content (AvgIpc) is 2.30. The van der Waals surface area contributed by atoms with Crippen LogP contribution in [-0.2, 0) is 6.18 Å². The van der Waals surface area contributed by atoms with Gasteiger partial charge in [-0.15, -0.1) is 0 Å². The van der Waals surface area contributed by atoms with Gasteiger partial charge in [0.15, 0.2) is 0 Å². The molecule has 68 valence electrons. The van der Waals surface area contributed by atoms with E-state index in [0.29, 0.717) is 0 Å². The Bertz CT molecular complexity index is 264. The molecule has 5 heteroatoms. The van der Waals surface area contributed by atoms with Gasteiger partial charge in [0, 0.05) is 5.92 Å². The summed E-state index contributed by atoms with van der Waals surface area (Å²) in [4.78, 5) is 3.12. The first-order chi connectivity index (χ1) is 5.41. The lowest BCUT2D eigenvalue weighted by molar-refractivity contribution is -0.157. The van der Waals surface area contributed by atoms with Crippen molar-refractivity contribution in [2.24, 2.45) is 0 Å². The number of oxazole rings is 1. The summed E-state index contributed by atoms with van der Waals surface area (Å²) in [6.07, 6.45) is -3.37. The monoisotopic (exact) mass is 179 g/mol. The van der Waals surface area contributed by atoms with Gasteiger partial charge in [0.2, 0.25) is 0 Å². The lowest BCUT2D eigenvalue weighted by atomic mass is 10.2. The minimum atomic E-state index is -4.48. The van der Waals surface area contributed by atoms with Gasteiger partial charge < -0.3 is 4.42 Å². The van der Waals surface area contributed by atoms with Crippen LogP contribution in [0.1, 0.15) is 31.4 Å². The topological polar surface area (TPSA) is 26.0 Å². The van der Waals surface area contributed by atoms with Crippen LogP contribution < -0.4 is 0 Å². The van der Waals surface area contributed by atoms with E-state index in [1.165, 1.54) is 0 Å². The van der Waals surface area contributed by atoms with Gasteiger partial charge in [-0.25, -0.2) is 4.98 Å². The van der Waals surface area contributed by atoms with Crippen molar-refractivity contribution < 1.29 is 17.6 Å². The van der Waals surface area contributed by atoms with E-state index < -0.39 is 12.1 Å². The molecule has 1 aromatic heterocycles. The van der Waals surface area contributed by atoms with Crippen molar-refractivity contribution in [3.63, 3.8) is 0 Å². The second-order valence-electron chi connectivity index (χ2n) is 2.72. The first-order valence-corrected chi connectivity index (χ1v) is 3.44. The molecule has 0 bridgehead atoms. The van der Waals surface area contributed by atoms with Crippen LogP contribution in [0.5, 0.6) is 0 Å². The summed E-state index contributed by atoms with van der Waals surface area (Å²) in [6.45, 7) is 3.47. The van der Waals surface area contributed by atoms with Crippen LogP contribution in [-0.4, -0.2) is 4.98 Å². The second kappa shape index (κ2) is 2.80. The molecule has 0 aliphatic rings. The Morgan fingerprint density at radius 1 is 1.42 bits per heavy atom. The van der Waals surface area contributed by atoms with Crippen LogP contribution >= 0.6 is 0 Å². The molecule has 1 heterocycles. The zero-order chi connectivity index (χ0) is 9.35. The first kappa shape index (κ1) is 9.09. The van der Waals surface area contributed by atoms with Crippen LogP contribution in [0.3, 0.4) is 0 Å². The molecule has 12 heavy (non-hydrogen) atoms. The summed E-state index contributed by atoms with van der Waals surface area (Å²) < 4.78 is 40.2. The van der Waals surface area contributed by atoms with Crippen molar-refractivity contribution in [3.8, 4) is 0 Å². The van der Waals surface area contributed by atoms with Crippen molar-refractivity contribution in [2.75, 3.05) is 0 Å². The molecule has 0 spiro atoms. The minimum Gasteiger partial charge on any atom is -0.438 e. The number of nitrogens with zero attached hydrogens (tertiary/aromatic N) is 1. The van der Waals surface area contributed by atoms with Crippen LogP contribution in [0, 0.1) is 0 Å². The summed E-state index contributed by atoms with van der Waals surface area (Å²) in [5.41, 5.74) is 0. The van der Waals surface area contributed by atoms with Crippen LogP contribution in [0.2, 0.25) is 0 Å². The SMILES string of the molecule is CC(C)c1cnc(C(F)(F)F)o1. The number of halogens is 3. The van der Waals surface area contributed by atoms with E-state index in [-0.39, 0.29) is 11.7 Å². The number of alkyl halides is 3. The summed E-state index contributed by atoms with van der Waals surface area (Å²) >= 11 is 0. The highest BCUT2D eigenvalue weighted by atomic mass is 19.4. The van der Waals surface area contributed by atoms with Crippen LogP contribution in [0.15, 0.2) is 10.6 Å². The highest BCUT2D eigenvalue weighted by Crippen LogP contribution is 2.29. The lowest BCUT2D eigenvalue weighted by Crippen LogP contribution is -2.04. The molecule has 0 fully saturated rings. The molecule has 0 saturated heterocycles. The maximum atomic E-state index is 11.9. The predicted molar refractivity (Wildman–Crippen MR) is 35.6 cm³/mol. The van der Waals surface area contributed by atoms with Crippen molar-refractivity contribution in [1.82, 2.24) is 4.98 Å². The number of hydrogen-bond acceptors (Lipinski definition) is 2. The molecule has 2 nitrogen and oxygen atoms in total. The molecule has 0 aliphatic heterocycles. The maximum Gasteiger partial charge on any atom is 0.468 e. The zero-order valence-corrected chi connectivity index (χ0v) is 6.64. The third-order valence-electron chi connectivity index (χ3n) is 1.34. The molecular formula is C7H8F3NO. The smallest absolute Gasteiger partial charge is 0.438 e. The molecule has 1 aromatic rings. The summed E-state index contributed by atoms with van der Waals surface area (Å²) in [5, 5.41) is 0. The van der Waals surface area contributed by atoms with E-state index >= 15 is 0 Å². The predicted octanol–water partition coefficient (Wildman–Crippen LogP) is 2.82. The van der Waals surface area contributed by atoms with Gasteiger partial charge in [-0.3, -0.25) is 0 Å². The molecule has 0 N–H and O–H groups in total. The molecule has 0 unspecified atom stereocenters.